The molecule has 0 radical (unpaired) electrons. The predicted octanol–water partition coefficient (Wildman–Crippen LogP) is 0.490. The summed E-state index contributed by atoms with van der Waals surface area (Å²) >= 11 is 0. The summed E-state index contributed by atoms with van der Waals surface area (Å²) in [6, 6.07) is 0. The van der Waals surface area contributed by atoms with E-state index in [0.29, 0.717) is 18.7 Å². The molecule has 0 unspecified atom stereocenters. The molecule has 0 bridgehead atoms. The van der Waals surface area contributed by atoms with Crippen molar-refractivity contribution < 1.29 is 19.1 Å². The summed E-state index contributed by atoms with van der Waals surface area (Å²) in [5.74, 6) is -0.467. The van der Waals surface area contributed by atoms with E-state index in [1.807, 2.05) is 7.05 Å². The zero-order chi connectivity index (χ0) is 13.5. The molecule has 1 aliphatic heterocycles. The Morgan fingerprint density at radius 3 is 2.22 bits per heavy atom. The molecule has 1 heterocycles. The van der Waals surface area contributed by atoms with Crippen molar-refractivity contribution in [2.45, 2.75) is 6.92 Å². The number of esters is 1. The average molecular weight is 256 g/mol. The molecule has 0 saturated carbocycles. The Balaban J connectivity index is 2.14. The summed E-state index contributed by atoms with van der Waals surface area (Å²) in [5, 5.41) is 0. The van der Waals surface area contributed by atoms with Crippen LogP contribution in [0, 0.1) is 0 Å². The number of nitrogens with zero attached hydrogens (tertiary/aromatic N) is 2. The van der Waals surface area contributed by atoms with Crippen LogP contribution in [0.2, 0.25) is 0 Å². The molecule has 1 saturated heterocycles. The van der Waals surface area contributed by atoms with E-state index in [1.165, 1.54) is 0 Å². The topological polar surface area (TPSA) is 59.1 Å². The highest BCUT2D eigenvalue weighted by Crippen LogP contribution is 2.01. The fraction of sp³-hybridized carbons (Fsp3) is 0.667. The van der Waals surface area contributed by atoms with Crippen LogP contribution in [0.5, 0.6) is 0 Å². The molecule has 102 valence electrons. The summed E-state index contributed by atoms with van der Waals surface area (Å²) in [6.07, 6.45) is -0.352. The largest absolute Gasteiger partial charge is 0.459 e. The molecule has 1 amide bonds. The summed E-state index contributed by atoms with van der Waals surface area (Å²) in [5.41, 5.74) is 0.334. The van der Waals surface area contributed by atoms with E-state index < -0.39 is 5.97 Å². The Bertz CT molecular complexity index is 322. The van der Waals surface area contributed by atoms with Gasteiger partial charge in [-0.15, -0.1) is 0 Å². The Kier molecular flexibility index (Phi) is 5.64. The van der Waals surface area contributed by atoms with Crippen LogP contribution in [0.15, 0.2) is 12.2 Å². The van der Waals surface area contributed by atoms with Gasteiger partial charge in [0.2, 0.25) is 0 Å². The third-order valence-corrected chi connectivity index (χ3v) is 2.65. The average Bonchev–Trinajstić information content (AvgIpc) is 2.34. The van der Waals surface area contributed by atoms with E-state index in [1.54, 1.807) is 11.8 Å². The monoisotopic (exact) mass is 256 g/mol. The number of amides is 1. The Labute approximate surface area is 107 Å². The number of carbonyl (C=O) groups excluding carboxylic acids is 2. The lowest BCUT2D eigenvalue weighted by Gasteiger charge is -2.31. The van der Waals surface area contributed by atoms with Crippen molar-refractivity contribution in [1.29, 1.82) is 0 Å². The third kappa shape index (κ3) is 4.75. The zero-order valence-corrected chi connectivity index (χ0v) is 11.0. The molecule has 0 atom stereocenters. The maximum atomic E-state index is 11.6. The second kappa shape index (κ2) is 7.00. The summed E-state index contributed by atoms with van der Waals surface area (Å²) in [4.78, 5) is 26.5. The SMILES string of the molecule is C=C(C)C(=O)OCCOC(=O)N1CCN(C)CC1. The molecule has 0 aliphatic carbocycles. The first-order chi connectivity index (χ1) is 8.50. The standard InChI is InChI=1S/C12H20N2O4/c1-10(2)11(15)17-8-9-18-12(16)14-6-4-13(3)5-7-14/h1,4-9H2,2-3H3. The minimum Gasteiger partial charge on any atom is -0.459 e. The van der Waals surface area contributed by atoms with Gasteiger partial charge in [0, 0.05) is 31.8 Å². The molecule has 0 aromatic carbocycles. The zero-order valence-electron chi connectivity index (χ0n) is 11.0. The lowest BCUT2D eigenvalue weighted by molar-refractivity contribution is -0.140. The molecule has 0 aromatic rings. The lowest BCUT2D eigenvalue weighted by Crippen LogP contribution is -2.47. The molecule has 6 heteroatoms. The van der Waals surface area contributed by atoms with E-state index in [-0.39, 0.29) is 19.3 Å². The van der Waals surface area contributed by atoms with Gasteiger partial charge >= 0.3 is 12.1 Å². The normalized spacial score (nSPS) is 16.2. The van der Waals surface area contributed by atoms with Crippen LogP contribution in [0.3, 0.4) is 0 Å². The smallest absolute Gasteiger partial charge is 0.409 e. The minimum absolute atomic E-state index is 0.0607. The fourth-order valence-corrected chi connectivity index (χ4v) is 1.47. The first kappa shape index (κ1) is 14.5. The molecular formula is C12H20N2O4. The number of carbonyl (C=O) groups is 2. The van der Waals surface area contributed by atoms with Crippen molar-refractivity contribution in [3.8, 4) is 0 Å². The van der Waals surface area contributed by atoms with Crippen LogP contribution >= 0.6 is 0 Å². The maximum Gasteiger partial charge on any atom is 0.409 e. The van der Waals surface area contributed by atoms with Crippen molar-refractivity contribution >= 4 is 12.1 Å². The van der Waals surface area contributed by atoms with Gasteiger partial charge in [-0.05, 0) is 14.0 Å². The molecule has 1 aliphatic rings. The summed E-state index contributed by atoms with van der Waals surface area (Å²) in [7, 11) is 2.01. The number of piperazine rings is 1. The van der Waals surface area contributed by atoms with Gasteiger partial charge in [0.15, 0.2) is 0 Å². The van der Waals surface area contributed by atoms with E-state index >= 15 is 0 Å². The fourth-order valence-electron chi connectivity index (χ4n) is 1.47. The van der Waals surface area contributed by atoms with Crippen molar-refractivity contribution in [3.63, 3.8) is 0 Å². The second-order valence-corrected chi connectivity index (χ2v) is 4.32. The van der Waals surface area contributed by atoms with Crippen molar-refractivity contribution in [2.24, 2.45) is 0 Å². The van der Waals surface area contributed by atoms with Crippen LogP contribution in [0.25, 0.3) is 0 Å². The molecule has 0 N–H and O–H groups in total. The first-order valence-corrected chi connectivity index (χ1v) is 5.93. The number of ether oxygens (including phenoxy) is 2. The third-order valence-electron chi connectivity index (χ3n) is 2.65. The van der Waals surface area contributed by atoms with Gasteiger partial charge in [-0.25, -0.2) is 9.59 Å². The molecule has 0 aromatic heterocycles. The van der Waals surface area contributed by atoms with E-state index in [9.17, 15) is 9.59 Å². The summed E-state index contributed by atoms with van der Waals surface area (Å²) in [6.45, 7) is 8.19. The van der Waals surface area contributed by atoms with Crippen LogP contribution in [-0.2, 0) is 14.3 Å². The van der Waals surface area contributed by atoms with Gasteiger partial charge in [-0.3, -0.25) is 0 Å². The van der Waals surface area contributed by atoms with Crippen molar-refractivity contribution in [2.75, 3.05) is 46.4 Å². The van der Waals surface area contributed by atoms with Crippen LogP contribution in [0.1, 0.15) is 6.92 Å². The highest BCUT2D eigenvalue weighted by atomic mass is 16.6. The molecular weight excluding hydrogens is 236 g/mol. The predicted molar refractivity (Wildman–Crippen MR) is 66.2 cm³/mol. The van der Waals surface area contributed by atoms with Gasteiger partial charge in [0.25, 0.3) is 0 Å². The summed E-state index contributed by atoms with van der Waals surface area (Å²) < 4.78 is 9.82. The van der Waals surface area contributed by atoms with Crippen molar-refractivity contribution in [3.05, 3.63) is 12.2 Å². The molecule has 0 spiro atoms. The molecule has 18 heavy (non-hydrogen) atoms. The second-order valence-electron chi connectivity index (χ2n) is 4.32. The lowest BCUT2D eigenvalue weighted by atomic mass is 10.3. The van der Waals surface area contributed by atoms with Gasteiger partial charge in [0.1, 0.15) is 13.2 Å². The number of hydrogen-bond acceptors (Lipinski definition) is 5. The van der Waals surface area contributed by atoms with E-state index in [4.69, 9.17) is 9.47 Å². The maximum absolute atomic E-state index is 11.6. The van der Waals surface area contributed by atoms with Gasteiger partial charge in [-0.2, -0.15) is 0 Å². The van der Waals surface area contributed by atoms with Gasteiger partial charge in [0.05, 0.1) is 0 Å². The van der Waals surface area contributed by atoms with Crippen LogP contribution in [0.4, 0.5) is 4.79 Å². The van der Waals surface area contributed by atoms with Crippen molar-refractivity contribution in [1.82, 2.24) is 9.80 Å². The van der Waals surface area contributed by atoms with Gasteiger partial charge < -0.3 is 19.3 Å². The van der Waals surface area contributed by atoms with Gasteiger partial charge in [-0.1, -0.05) is 6.58 Å². The molecule has 1 fully saturated rings. The van der Waals surface area contributed by atoms with Crippen LogP contribution < -0.4 is 0 Å². The first-order valence-electron chi connectivity index (χ1n) is 5.93. The molecule has 1 rings (SSSR count). The minimum atomic E-state index is -0.467. The Morgan fingerprint density at radius 1 is 1.11 bits per heavy atom. The Morgan fingerprint density at radius 2 is 1.67 bits per heavy atom. The van der Waals surface area contributed by atoms with E-state index in [2.05, 4.69) is 11.5 Å². The number of rotatable bonds is 4. The highest BCUT2D eigenvalue weighted by Gasteiger charge is 2.19. The number of hydrogen-bond donors (Lipinski definition) is 0. The van der Waals surface area contributed by atoms with Crippen LogP contribution in [-0.4, -0.2) is 68.3 Å². The quantitative estimate of drug-likeness (QED) is 0.416. The Hall–Kier alpha value is -1.56. The molecule has 6 nitrogen and oxygen atoms in total. The number of likely N-dealkylation sites (N-methyl/N-ethyl adjacent to an activating group) is 1. The highest BCUT2D eigenvalue weighted by molar-refractivity contribution is 5.86. The van der Waals surface area contributed by atoms with E-state index in [0.717, 1.165) is 13.1 Å².